The molecule has 0 unspecified atom stereocenters. The van der Waals surface area contributed by atoms with E-state index in [1.54, 1.807) is 40.5 Å². The van der Waals surface area contributed by atoms with Gasteiger partial charge in [-0.2, -0.15) is 0 Å². The number of carbonyl (C=O) groups is 3. The van der Waals surface area contributed by atoms with Crippen molar-refractivity contribution in [1.29, 1.82) is 0 Å². The second-order valence-electron chi connectivity index (χ2n) is 7.99. The van der Waals surface area contributed by atoms with Gasteiger partial charge in [-0.1, -0.05) is 22.0 Å². The largest absolute Gasteiger partial charge is 0.484 e. The van der Waals surface area contributed by atoms with Crippen molar-refractivity contribution in [2.24, 2.45) is 5.92 Å². The van der Waals surface area contributed by atoms with Crippen LogP contribution in [0.15, 0.2) is 64.5 Å². The first-order valence-electron chi connectivity index (χ1n) is 10.8. The molecule has 7 nitrogen and oxygen atoms in total. The summed E-state index contributed by atoms with van der Waals surface area (Å²) in [7, 11) is 0. The lowest BCUT2D eigenvalue weighted by Crippen LogP contribution is -2.32. The summed E-state index contributed by atoms with van der Waals surface area (Å²) in [6, 6.07) is 16.5. The van der Waals surface area contributed by atoms with Gasteiger partial charge in [-0.15, -0.1) is 11.3 Å². The number of benzene rings is 2. The van der Waals surface area contributed by atoms with E-state index in [-0.39, 0.29) is 36.7 Å². The molecule has 2 aromatic carbocycles. The summed E-state index contributed by atoms with van der Waals surface area (Å²) >= 11 is 4.98. The Kier molecular flexibility index (Phi) is 7.64. The van der Waals surface area contributed by atoms with Crippen LogP contribution in [-0.4, -0.2) is 30.9 Å². The number of anilines is 2. The van der Waals surface area contributed by atoms with Crippen LogP contribution in [0.5, 0.6) is 5.75 Å². The topological polar surface area (TPSA) is 87.7 Å². The van der Waals surface area contributed by atoms with Gasteiger partial charge in [0.2, 0.25) is 11.8 Å². The molecule has 176 valence electrons. The summed E-state index contributed by atoms with van der Waals surface area (Å²) in [5.74, 6) is -0.330. The van der Waals surface area contributed by atoms with Crippen LogP contribution in [-0.2, 0) is 20.9 Å². The number of carbonyl (C=O) groups excluding carboxylic acids is 3. The van der Waals surface area contributed by atoms with Crippen LogP contribution in [0.1, 0.15) is 16.9 Å². The van der Waals surface area contributed by atoms with Crippen molar-refractivity contribution in [3.05, 3.63) is 74.9 Å². The molecule has 1 atom stereocenters. The monoisotopic (exact) mass is 541 g/mol. The van der Waals surface area contributed by atoms with Crippen molar-refractivity contribution in [1.82, 2.24) is 5.32 Å². The Hall–Kier alpha value is -3.17. The van der Waals surface area contributed by atoms with Gasteiger partial charge < -0.3 is 20.3 Å². The van der Waals surface area contributed by atoms with E-state index in [1.807, 2.05) is 42.6 Å². The number of aryl methyl sites for hydroxylation is 1. The van der Waals surface area contributed by atoms with Crippen LogP contribution in [0, 0.1) is 12.8 Å². The standard InChI is InChI=1S/C25H24BrN3O4S/c1-16-11-18(26)4-9-22(16)28-23(30)15-33-20-7-5-19(6-8-20)29-14-17(12-24(29)31)25(32)27-13-21-3-2-10-34-21/h2-11,17H,12-15H2,1H3,(H,27,32)(H,28,30)/t17-/m0/s1. The minimum absolute atomic E-state index is 0.0887. The molecule has 3 amide bonds. The zero-order valence-electron chi connectivity index (χ0n) is 18.5. The Morgan fingerprint density at radius 1 is 1.18 bits per heavy atom. The predicted octanol–water partition coefficient (Wildman–Crippen LogP) is 4.51. The molecule has 1 fully saturated rings. The fourth-order valence-electron chi connectivity index (χ4n) is 3.69. The Morgan fingerprint density at radius 3 is 2.68 bits per heavy atom. The number of nitrogens with one attached hydrogen (secondary N) is 2. The minimum Gasteiger partial charge on any atom is -0.484 e. The summed E-state index contributed by atoms with van der Waals surface area (Å²) in [6.07, 6.45) is 0.185. The summed E-state index contributed by atoms with van der Waals surface area (Å²) in [4.78, 5) is 39.9. The number of amides is 3. The van der Waals surface area contributed by atoms with Crippen LogP contribution >= 0.6 is 27.3 Å². The van der Waals surface area contributed by atoms with Crippen LogP contribution in [0.3, 0.4) is 0 Å². The molecule has 4 rings (SSSR count). The molecule has 2 N–H and O–H groups in total. The Balaban J connectivity index is 1.27. The fraction of sp³-hybridized carbons (Fsp3) is 0.240. The highest BCUT2D eigenvalue weighted by atomic mass is 79.9. The lowest BCUT2D eigenvalue weighted by Gasteiger charge is -2.17. The fourth-order valence-corrected chi connectivity index (χ4v) is 4.81. The Bertz CT molecular complexity index is 1180. The van der Waals surface area contributed by atoms with E-state index < -0.39 is 0 Å². The smallest absolute Gasteiger partial charge is 0.262 e. The molecule has 0 saturated carbocycles. The molecule has 9 heteroatoms. The Morgan fingerprint density at radius 2 is 1.97 bits per heavy atom. The maximum atomic E-state index is 12.5. The lowest BCUT2D eigenvalue weighted by molar-refractivity contribution is -0.126. The van der Waals surface area contributed by atoms with E-state index in [4.69, 9.17) is 4.74 Å². The minimum atomic E-state index is -0.380. The normalized spacial score (nSPS) is 15.3. The average molecular weight is 542 g/mol. The van der Waals surface area contributed by atoms with E-state index in [0.717, 1.165) is 20.6 Å². The molecule has 0 bridgehead atoms. The van der Waals surface area contributed by atoms with E-state index in [9.17, 15) is 14.4 Å². The SMILES string of the molecule is Cc1cc(Br)ccc1NC(=O)COc1ccc(N2C[C@@H](C(=O)NCc3cccs3)CC2=O)cc1. The van der Waals surface area contributed by atoms with Crippen molar-refractivity contribution >= 4 is 56.4 Å². The zero-order chi connectivity index (χ0) is 24.1. The summed E-state index contributed by atoms with van der Waals surface area (Å²) < 4.78 is 6.53. The van der Waals surface area contributed by atoms with Crippen molar-refractivity contribution in [3.63, 3.8) is 0 Å². The van der Waals surface area contributed by atoms with Gasteiger partial charge in [0, 0.05) is 33.7 Å². The third kappa shape index (κ3) is 6.03. The zero-order valence-corrected chi connectivity index (χ0v) is 20.9. The highest BCUT2D eigenvalue weighted by molar-refractivity contribution is 9.10. The molecule has 1 aliphatic heterocycles. The van der Waals surface area contributed by atoms with Gasteiger partial charge in [-0.05, 0) is 66.4 Å². The molecule has 0 spiro atoms. The van der Waals surface area contributed by atoms with E-state index in [1.165, 1.54) is 0 Å². The molecule has 3 aromatic rings. The van der Waals surface area contributed by atoms with Crippen LogP contribution in [0.25, 0.3) is 0 Å². The number of nitrogens with zero attached hydrogens (tertiary/aromatic N) is 1. The maximum absolute atomic E-state index is 12.5. The lowest BCUT2D eigenvalue weighted by atomic mass is 10.1. The molecule has 0 aliphatic carbocycles. The first-order chi connectivity index (χ1) is 16.4. The summed E-state index contributed by atoms with van der Waals surface area (Å²) in [5.41, 5.74) is 2.37. The van der Waals surface area contributed by atoms with E-state index >= 15 is 0 Å². The van der Waals surface area contributed by atoms with Gasteiger partial charge in [0.05, 0.1) is 12.5 Å². The second-order valence-corrected chi connectivity index (χ2v) is 9.94. The highest BCUT2D eigenvalue weighted by Crippen LogP contribution is 2.27. The number of hydrogen-bond acceptors (Lipinski definition) is 5. The van der Waals surface area contributed by atoms with Gasteiger partial charge in [-0.25, -0.2) is 0 Å². The van der Waals surface area contributed by atoms with Crippen molar-refractivity contribution in [2.75, 3.05) is 23.4 Å². The van der Waals surface area contributed by atoms with Gasteiger partial charge in [-0.3, -0.25) is 14.4 Å². The first kappa shape index (κ1) is 24.0. The van der Waals surface area contributed by atoms with E-state index in [2.05, 4.69) is 26.6 Å². The molecule has 1 aliphatic rings. The number of hydrogen-bond donors (Lipinski definition) is 2. The van der Waals surface area contributed by atoms with Crippen LogP contribution in [0.2, 0.25) is 0 Å². The summed E-state index contributed by atoms with van der Waals surface area (Å²) in [6.45, 7) is 2.59. The predicted molar refractivity (Wildman–Crippen MR) is 136 cm³/mol. The van der Waals surface area contributed by atoms with Crippen molar-refractivity contribution < 1.29 is 19.1 Å². The number of rotatable bonds is 8. The molecule has 34 heavy (non-hydrogen) atoms. The average Bonchev–Trinajstić information content (AvgIpc) is 3.48. The van der Waals surface area contributed by atoms with Crippen LogP contribution < -0.4 is 20.3 Å². The number of ether oxygens (including phenoxy) is 1. The van der Waals surface area contributed by atoms with Gasteiger partial charge in [0.25, 0.3) is 5.91 Å². The van der Waals surface area contributed by atoms with Crippen molar-refractivity contribution in [2.45, 2.75) is 19.9 Å². The molecule has 0 radical (unpaired) electrons. The van der Waals surface area contributed by atoms with Gasteiger partial charge in [0.15, 0.2) is 6.61 Å². The maximum Gasteiger partial charge on any atom is 0.262 e. The summed E-state index contributed by atoms with van der Waals surface area (Å²) in [5, 5.41) is 7.70. The molecular weight excluding hydrogens is 518 g/mol. The third-order valence-corrected chi connectivity index (χ3v) is 6.86. The first-order valence-corrected chi connectivity index (χ1v) is 12.5. The van der Waals surface area contributed by atoms with Crippen molar-refractivity contribution in [3.8, 4) is 5.75 Å². The number of thiophene rings is 1. The van der Waals surface area contributed by atoms with E-state index in [0.29, 0.717) is 24.5 Å². The van der Waals surface area contributed by atoms with Crippen LogP contribution in [0.4, 0.5) is 11.4 Å². The number of halogens is 1. The van der Waals surface area contributed by atoms with Gasteiger partial charge >= 0.3 is 0 Å². The molecule has 1 saturated heterocycles. The third-order valence-electron chi connectivity index (χ3n) is 5.49. The molecular formula is C25H24BrN3O4S. The Labute approximate surface area is 210 Å². The molecule has 1 aromatic heterocycles. The molecule has 2 heterocycles. The second kappa shape index (κ2) is 10.8. The quantitative estimate of drug-likeness (QED) is 0.439. The highest BCUT2D eigenvalue weighted by Gasteiger charge is 2.35. The van der Waals surface area contributed by atoms with Gasteiger partial charge in [0.1, 0.15) is 5.75 Å².